The molecular formula is C18H26O11. The van der Waals surface area contributed by atoms with Crippen LogP contribution in [-0.4, -0.2) is 104 Å². The largest absolute Gasteiger partial charge is 0.508 e. The monoisotopic (exact) mass is 418 g/mol. The van der Waals surface area contributed by atoms with Crippen LogP contribution in [-0.2, 0) is 25.6 Å². The summed E-state index contributed by atoms with van der Waals surface area (Å²) >= 11 is 0. The van der Waals surface area contributed by atoms with Crippen LogP contribution in [0.25, 0.3) is 0 Å². The third kappa shape index (κ3) is 4.86. The van der Waals surface area contributed by atoms with Crippen LogP contribution in [0.3, 0.4) is 0 Å². The molecule has 1 aromatic rings. The van der Waals surface area contributed by atoms with Crippen molar-refractivity contribution in [2.24, 2.45) is 0 Å². The minimum Gasteiger partial charge on any atom is -0.508 e. The van der Waals surface area contributed by atoms with Gasteiger partial charge in [0.25, 0.3) is 0 Å². The van der Waals surface area contributed by atoms with Crippen LogP contribution in [0.2, 0.25) is 0 Å². The summed E-state index contributed by atoms with van der Waals surface area (Å²) in [5.74, 6) is 0.0860. The fourth-order valence-electron chi connectivity index (χ4n) is 3.09. The Morgan fingerprint density at radius 2 is 1.66 bits per heavy atom. The van der Waals surface area contributed by atoms with Gasteiger partial charge in [-0.1, -0.05) is 12.1 Å². The number of phenols is 1. The highest BCUT2D eigenvalue weighted by molar-refractivity contribution is 5.25. The normalized spacial score (nSPS) is 40.3. The van der Waals surface area contributed by atoms with E-state index in [1.54, 1.807) is 12.1 Å². The van der Waals surface area contributed by atoms with E-state index < -0.39 is 55.3 Å². The molecule has 11 heteroatoms. The fourth-order valence-corrected chi connectivity index (χ4v) is 3.09. The lowest BCUT2D eigenvalue weighted by atomic mass is 9.99. The molecule has 1 aromatic carbocycles. The molecule has 164 valence electrons. The first-order chi connectivity index (χ1) is 13.7. The second-order valence-corrected chi connectivity index (χ2v) is 7.21. The average Bonchev–Trinajstić information content (AvgIpc) is 3.01. The van der Waals surface area contributed by atoms with Gasteiger partial charge in [0, 0.05) is 0 Å². The van der Waals surface area contributed by atoms with Crippen LogP contribution in [0, 0.1) is 0 Å². The van der Waals surface area contributed by atoms with Crippen molar-refractivity contribution in [3.63, 3.8) is 0 Å². The molecule has 0 saturated carbocycles. The highest BCUT2D eigenvalue weighted by atomic mass is 16.7. The molecule has 0 aliphatic carbocycles. The third-order valence-electron chi connectivity index (χ3n) is 5.02. The first-order valence-corrected chi connectivity index (χ1v) is 9.09. The lowest BCUT2D eigenvalue weighted by Crippen LogP contribution is -2.59. The molecule has 0 amide bonds. The Hall–Kier alpha value is -1.38. The van der Waals surface area contributed by atoms with E-state index in [0.717, 1.165) is 0 Å². The maximum absolute atomic E-state index is 10.1. The zero-order chi connectivity index (χ0) is 21.2. The Morgan fingerprint density at radius 1 is 0.966 bits per heavy atom. The number of benzene rings is 1. The van der Waals surface area contributed by atoms with Gasteiger partial charge in [0.1, 0.15) is 41.9 Å². The number of hydrogen-bond acceptors (Lipinski definition) is 11. The Bertz CT molecular complexity index is 656. The quantitative estimate of drug-likeness (QED) is 0.243. The second kappa shape index (κ2) is 9.18. The van der Waals surface area contributed by atoms with Gasteiger partial charge in [0.15, 0.2) is 12.6 Å². The lowest BCUT2D eigenvalue weighted by Gasteiger charge is -2.40. The van der Waals surface area contributed by atoms with Crippen molar-refractivity contribution in [1.29, 1.82) is 0 Å². The molecule has 0 aromatic heterocycles. The van der Waals surface area contributed by atoms with Crippen LogP contribution in [0.15, 0.2) is 24.3 Å². The number of aromatic hydroxyl groups is 1. The van der Waals surface area contributed by atoms with E-state index in [-0.39, 0.29) is 25.6 Å². The SMILES string of the molecule is OCC1(O)COC(OCC2OC(OCc3ccc(O)cc3)C(O)C(O)C2O)C1O. The van der Waals surface area contributed by atoms with Crippen molar-refractivity contribution in [2.45, 2.75) is 55.3 Å². The summed E-state index contributed by atoms with van der Waals surface area (Å²) in [4.78, 5) is 0. The van der Waals surface area contributed by atoms with Crippen molar-refractivity contribution < 1.29 is 54.7 Å². The highest BCUT2D eigenvalue weighted by Crippen LogP contribution is 2.28. The van der Waals surface area contributed by atoms with Crippen molar-refractivity contribution in [2.75, 3.05) is 19.8 Å². The van der Waals surface area contributed by atoms with Crippen LogP contribution in [0.4, 0.5) is 0 Å². The van der Waals surface area contributed by atoms with E-state index in [0.29, 0.717) is 5.56 Å². The molecule has 2 aliphatic rings. The van der Waals surface area contributed by atoms with Crippen LogP contribution in [0.5, 0.6) is 5.75 Å². The van der Waals surface area contributed by atoms with E-state index in [2.05, 4.69) is 0 Å². The molecule has 0 radical (unpaired) electrons. The van der Waals surface area contributed by atoms with E-state index in [1.165, 1.54) is 12.1 Å². The lowest BCUT2D eigenvalue weighted by molar-refractivity contribution is -0.312. The summed E-state index contributed by atoms with van der Waals surface area (Å²) in [6.45, 7) is -1.42. The zero-order valence-electron chi connectivity index (χ0n) is 15.4. The van der Waals surface area contributed by atoms with Crippen molar-refractivity contribution in [1.82, 2.24) is 0 Å². The fraction of sp³-hybridized carbons (Fsp3) is 0.667. The molecule has 2 aliphatic heterocycles. The summed E-state index contributed by atoms with van der Waals surface area (Å²) in [6, 6.07) is 6.15. The Balaban J connectivity index is 1.56. The number of aliphatic hydroxyl groups is 6. The van der Waals surface area contributed by atoms with Gasteiger partial charge in [-0.2, -0.15) is 0 Å². The van der Waals surface area contributed by atoms with Gasteiger partial charge in [-0.25, -0.2) is 0 Å². The van der Waals surface area contributed by atoms with Gasteiger partial charge in [-0.05, 0) is 17.7 Å². The van der Waals surface area contributed by atoms with Gasteiger partial charge in [-0.3, -0.25) is 0 Å². The number of ether oxygens (including phenoxy) is 4. The molecule has 8 unspecified atom stereocenters. The van der Waals surface area contributed by atoms with Gasteiger partial charge in [-0.15, -0.1) is 0 Å². The van der Waals surface area contributed by atoms with E-state index in [9.17, 15) is 30.6 Å². The first-order valence-electron chi connectivity index (χ1n) is 9.09. The standard InChI is InChI=1S/C18H26O11/c19-7-18(25)8-28-17(15(18)24)27-6-11-12(21)13(22)14(23)16(29-11)26-5-9-1-3-10(20)4-2-9/h1-4,11-17,19-25H,5-8H2. The zero-order valence-corrected chi connectivity index (χ0v) is 15.4. The summed E-state index contributed by atoms with van der Waals surface area (Å²) in [6.07, 6.45) is -9.81. The molecule has 29 heavy (non-hydrogen) atoms. The van der Waals surface area contributed by atoms with Crippen molar-refractivity contribution in [3.05, 3.63) is 29.8 Å². The third-order valence-corrected chi connectivity index (χ3v) is 5.02. The minimum absolute atomic E-state index is 0.00633. The Kier molecular flexibility index (Phi) is 7.06. The molecule has 0 spiro atoms. The van der Waals surface area contributed by atoms with E-state index in [4.69, 9.17) is 24.1 Å². The Labute approximate surface area is 166 Å². The summed E-state index contributed by atoms with van der Waals surface area (Å²) < 4.78 is 21.4. The summed E-state index contributed by atoms with van der Waals surface area (Å²) in [7, 11) is 0. The maximum atomic E-state index is 10.1. The molecule has 11 nitrogen and oxygen atoms in total. The van der Waals surface area contributed by atoms with Crippen LogP contribution >= 0.6 is 0 Å². The van der Waals surface area contributed by atoms with Crippen LogP contribution < -0.4 is 0 Å². The molecule has 7 N–H and O–H groups in total. The topological polar surface area (TPSA) is 179 Å². The second-order valence-electron chi connectivity index (χ2n) is 7.21. The van der Waals surface area contributed by atoms with Crippen molar-refractivity contribution in [3.8, 4) is 5.75 Å². The number of rotatable bonds is 7. The summed E-state index contributed by atoms with van der Waals surface area (Å²) in [5.41, 5.74) is -1.18. The van der Waals surface area contributed by atoms with Crippen LogP contribution in [0.1, 0.15) is 5.56 Å². The number of phenolic OH excluding ortho intramolecular Hbond substituents is 1. The summed E-state index contributed by atoms with van der Waals surface area (Å²) in [5, 5.41) is 68.7. The van der Waals surface area contributed by atoms with E-state index >= 15 is 0 Å². The molecule has 3 rings (SSSR count). The van der Waals surface area contributed by atoms with Gasteiger partial charge < -0.3 is 54.7 Å². The molecule has 2 heterocycles. The van der Waals surface area contributed by atoms with E-state index in [1.807, 2.05) is 0 Å². The average molecular weight is 418 g/mol. The van der Waals surface area contributed by atoms with Gasteiger partial charge >= 0.3 is 0 Å². The van der Waals surface area contributed by atoms with Crippen molar-refractivity contribution >= 4 is 0 Å². The predicted octanol–water partition coefficient (Wildman–Crippen LogP) is -2.83. The molecule has 2 fully saturated rings. The number of aliphatic hydroxyl groups excluding tert-OH is 5. The molecular weight excluding hydrogens is 392 g/mol. The van der Waals surface area contributed by atoms with Gasteiger partial charge in [0.2, 0.25) is 0 Å². The minimum atomic E-state index is -1.86. The molecule has 8 atom stereocenters. The Morgan fingerprint density at radius 3 is 2.28 bits per heavy atom. The highest BCUT2D eigenvalue weighted by Gasteiger charge is 2.50. The number of hydrogen-bond donors (Lipinski definition) is 7. The maximum Gasteiger partial charge on any atom is 0.187 e. The van der Waals surface area contributed by atoms with Gasteiger partial charge in [0.05, 0.1) is 26.4 Å². The smallest absolute Gasteiger partial charge is 0.187 e. The first kappa shape index (κ1) is 22.3. The predicted molar refractivity (Wildman–Crippen MR) is 93.3 cm³/mol. The molecule has 2 saturated heterocycles. The molecule has 0 bridgehead atoms.